The molecular weight excluding hydrogens is 343 g/mol. The number of halogens is 3. The van der Waals surface area contributed by atoms with Crippen LogP contribution in [0.5, 0.6) is 0 Å². The Kier molecular flexibility index (Phi) is 4.57. The van der Waals surface area contributed by atoms with Crippen molar-refractivity contribution in [2.45, 2.75) is 12.3 Å². The Morgan fingerprint density at radius 2 is 1.96 bits per heavy atom. The van der Waals surface area contributed by atoms with Crippen molar-refractivity contribution in [3.8, 4) is 0 Å². The largest absolute Gasteiger partial charge is 0.416 e. The number of urea groups is 1. The number of amides is 2. The fourth-order valence-electron chi connectivity index (χ4n) is 2.49. The SMILES string of the molecule is O=CC1N(C(=O)N2CCOCC2)N=NN1c1cccc(C(F)(F)F)c1. The van der Waals surface area contributed by atoms with E-state index in [4.69, 9.17) is 4.74 Å². The summed E-state index contributed by atoms with van der Waals surface area (Å²) in [5, 5.41) is 9.16. The summed E-state index contributed by atoms with van der Waals surface area (Å²) in [5.74, 6) is 0. The lowest BCUT2D eigenvalue weighted by Crippen LogP contribution is -2.51. The predicted octanol–water partition coefficient (Wildman–Crippen LogP) is 2.09. The molecule has 0 saturated carbocycles. The molecule has 2 aliphatic heterocycles. The molecule has 25 heavy (non-hydrogen) atoms. The molecule has 0 spiro atoms. The molecule has 0 aromatic heterocycles. The molecule has 0 N–H and O–H groups in total. The van der Waals surface area contributed by atoms with E-state index < -0.39 is 23.9 Å². The molecular formula is C14H14F3N5O3. The zero-order valence-corrected chi connectivity index (χ0v) is 12.9. The minimum absolute atomic E-state index is 0.00736. The first-order valence-corrected chi connectivity index (χ1v) is 7.41. The number of carbonyl (C=O) groups excluding carboxylic acids is 2. The summed E-state index contributed by atoms with van der Waals surface area (Å²) in [6, 6.07) is 3.75. The fraction of sp³-hybridized carbons (Fsp3) is 0.429. The molecule has 1 saturated heterocycles. The minimum atomic E-state index is -4.53. The van der Waals surface area contributed by atoms with E-state index in [-0.39, 0.29) is 5.69 Å². The second-order valence-electron chi connectivity index (χ2n) is 5.35. The number of rotatable bonds is 2. The van der Waals surface area contributed by atoms with E-state index in [0.717, 1.165) is 22.2 Å². The van der Waals surface area contributed by atoms with Crippen molar-refractivity contribution in [2.24, 2.45) is 10.4 Å². The zero-order valence-electron chi connectivity index (χ0n) is 12.9. The lowest BCUT2D eigenvalue weighted by atomic mass is 10.2. The summed E-state index contributed by atoms with van der Waals surface area (Å²) in [5.41, 5.74) is -0.879. The van der Waals surface area contributed by atoms with Gasteiger partial charge in [-0.25, -0.2) is 9.80 Å². The number of ether oxygens (including phenoxy) is 1. The first kappa shape index (κ1) is 17.1. The molecule has 2 heterocycles. The van der Waals surface area contributed by atoms with Gasteiger partial charge in [-0.3, -0.25) is 4.79 Å². The van der Waals surface area contributed by atoms with Gasteiger partial charge in [0, 0.05) is 13.1 Å². The van der Waals surface area contributed by atoms with Crippen LogP contribution in [0.3, 0.4) is 0 Å². The van der Waals surface area contributed by atoms with Crippen LogP contribution in [0.4, 0.5) is 23.7 Å². The number of benzene rings is 1. The number of alkyl halides is 3. The molecule has 1 atom stereocenters. The monoisotopic (exact) mass is 357 g/mol. The number of anilines is 1. The molecule has 2 amide bonds. The van der Waals surface area contributed by atoms with Gasteiger partial charge >= 0.3 is 12.2 Å². The molecule has 0 aliphatic carbocycles. The summed E-state index contributed by atoms with van der Waals surface area (Å²) >= 11 is 0. The van der Waals surface area contributed by atoms with Crippen LogP contribution < -0.4 is 5.01 Å². The molecule has 134 valence electrons. The van der Waals surface area contributed by atoms with Crippen molar-refractivity contribution in [1.29, 1.82) is 0 Å². The normalized spacial score (nSPS) is 20.9. The smallest absolute Gasteiger partial charge is 0.378 e. The molecule has 1 fully saturated rings. The van der Waals surface area contributed by atoms with E-state index in [2.05, 4.69) is 10.4 Å². The van der Waals surface area contributed by atoms with Gasteiger partial charge in [-0.15, -0.1) is 0 Å². The van der Waals surface area contributed by atoms with Crippen LogP contribution in [0.1, 0.15) is 5.56 Å². The van der Waals surface area contributed by atoms with Gasteiger partial charge in [-0.2, -0.15) is 18.2 Å². The number of nitrogens with zero attached hydrogens (tertiary/aromatic N) is 5. The molecule has 8 nitrogen and oxygen atoms in total. The Morgan fingerprint density at radius 1 is 1.24 bits per heavy atom. The average molecular weight is 357 g/mol. The molecule has 1 aromatic carbocycles. The number of aldehydes is 1. The second kappa shape index (κ2) is 6.67. The van der Waals surface area contributed by atoms with Gasteiger partial charge in [0.15, 0.2) is 6.29 Å². The molecule has 0 radical (unpaired) electrons. The van der Waals surface area contributed by atoms with Crippen LogP contribution in [0.2, 0.25) is 0 Å². The van der Waals surface area contributed by atoms with Gasteiger partial charge < -0.3 is 9.64 Å². The van der Waals surface area contributed by atoms with Gasteiger partial charge in [-0.1, -0.05) is 6.07 Å². The Balaban J connectivity index is 1.81. The zero-order chi connectivity index (χ0) is 18.0. The lowest BCUT2D eigenvalue weighted by Gasteiger charge is -2.30. The lowest BCUT2D eigenvalue weighted by molar-refractivity contribution is -0.137. The highest BCUT2D eigenvalue weighted by molar-refractivity contribution is 5.80. The minimum Gasteiger partial charge on any atom is -0.378 e. The maximum absolute atomic E-state index is 12.9. The van der Waals surface area contributed by atoms with Crippen molar-refractivity contribution in [1.82, 2.24) is 9.91 Å². The summed E-state index contributed by atoms with van der Waals surface area (Å²) in [6.07, 6.45) is -5.38. The number of hydrogen-bond donors (Lipinski definition) is 0. The Labute approximate surface area is 140 Å². The molecule has 1 unspecified atom stereocenters. The molecule has 11 heteroatoms. The summed E-state index contributed by atoms with van der Waals surface area (Å²) < 4.78 is 43.7. The van der Waals surface area contributed by atoms with Crippen molar-refractivity contribution in [3.05, 3.63) is 29.8 Å². The Bertz CT molecular complexity index is 691. The highest BCUT2D eigenvalue weighted by atomic mass is 19.4. The van der Waals surface area contributed by atoms with Crippen LogP contribution >= 0.6 is 0 Å². The van der Waals surface area contributed by atoms with Crippen LogP contribution in [0, 0.1) is 0 Å². The van der Waals surface area contributed by atoms with E-state index in [0.29, 0.717) is 32.6 Å². The number of morpholine rings is 1. The highest BCUT2D eigenvalue weighted by Gasteiger charge is 2.39. The number of hydrogen-bond acceptors (Lipinski definition) is 6. The molecule has 0 bridgehead atoms. The third kappa shape index (κ3) is 3.40. The van der Waals surface area contributed by atoms with Crippen molar-refractivity contribution >= 4 is 18.0 Å². The first-order chi connectivity index (χ1) is 11.9. The van der Waals surface area contributed by atoms with Gasteiger partial charge in [-0.05, 0) is 28.6 Å². The van der Waals surface area contributed by atoms with Crippen LogP contribution in [0.15, 0.2) is 34.7 Å². The third-order valence-electron chi connectivity index (χ3n) is 3.77. The maximum Gasteiger partial charge on any atom is 0.416 e. The van der Waals surface area contributed by atoms with Crippen LogP contribution in [-0.2, 0) is 15.7 Å². The van der Waals surface area contributed by atoms with E-state index in [9.17, 15) is 22.8 Å². The van der Waals surface area contributed by atoms with E-state index >= 15 is 0 Å². The molecule has 3 rings (SSSR count). The van der Waals surface area contributed by atoms with E-state index in [1.54, 1.807) is 0 Å². The topological polar surface area (TPSA) is 77.8 Å². The van der Waals surface area contributed by atoms with Crippen molar-refractivity contribution in [2.75, 3.05) is 31.3 Å². The van der Waals surface area contributed by atoms with Crippen LogP contribution in [0.25, 0.3) is 0 Å². The Hall–Kier alpha value is -2.69. The molecule has 1 aromatic rings. The van der Waals surface area contributed by atoms with Gasteiger partial charge in [0.1, 0.15) is 0 Å². The van der Waals surface area contributed by atoms with Crippen molar-refractivity contribution in [3.63, 3.8) is 0 Å². The average Bonchev–Trinajstić information content (AvgIpc) is 3.05. The van der Waals surface area contributed by atoms with E-state index in [1.807, 2.05) is 0 Å². The maximum atomic E-state index is 12.9. The first-order valence-electron chi connectivity index (χ1n) is 7.41. The fourth-order valence-corrected chi connectivity index (χ4v) is 2.49. The number of carbonyl (C=O) groups is 2. The predicted molar refractivity (Wildman–Crippen MR) is 78.3 cm³/mol. The van der Waals surface area contributed by atoms with Gasteiger partial charge in [0.25, 0.3) is 0 Å². The van der Waals surface area contributed by atoms with Crippen LogP contribution in [-0.4, -0.2) is 54.7 Å². The highest BCUT2D eigenvalue weighted by Crippen LogP contribution is 2.33. The second-order valence-corrected chi connectivity index (χ2v) is 5.35. The third-order valence-corrected chi connectivity index (χ3v) is 3.77. The molecule has 2 aliphatic rings. The summed E-state index contributed by atoms with van der Waals surface area (Å²) in [6.45, 7) is 1.39. The summed E-state index contributed by atoms with van der Waals surface area (Å²) in [7, 11) is 0. The van der Waals surface area contributed by atoms with E-state index in [1.165, 1.54) is 17.0 Å². The van der Waals surface area contributed by atoms with Gasteiger partial charge in [0.2, 0.25) is 6.17 Å². The summed E-state index contributed by atoms with van der Waals surface area (Å²) in [4.78, 5) is 25.3. The van der Waals surface area contributed by atoms with Crippen molar-refractivity contribution < 1.29 is 27.5 Å². The van der Waals surface area contributed by atoms with Gasteiger partial charge in [0.05, 0.1) is 24.5 Å². The standard InChI is InChI=1S/C14H14F3N5O3/c15-14(16,17)10-2-1-3-11(8-10)21-12(9-23)22(19-18-21)13(24)20-4-6-25-7-5-20/h1-3,8-9,12H,4-7H2. The quantitative estimate of drug-likeness (QED) is 0.760. The Morgan fingerprint density at radius 3 is 2.60 bits per heavy atom.